The highest BCUT2D eigenvalue weighted by atomic mass is 16.5. The molecule has 0 fully saturated rings. The zero-order chi connectivity index (χ0) is 16.4. The molecule has 3 rings (SSSR count). The van der Waals surface area contributed by atoms with E-state index in [2.05, 4.69) is 36.2 Å². The Balaban J connectivity index is 2.17. The van der Waals surface area contributed by atoms with Gasteiger partial charge in [-0.2, -0.15) is 0 Å². The Bertz CT molecular complexity index is 833. The molecule has 23 heavy (non-hydrogen) atoms. The summed E-state index contributed by atoms with van der Waals surface area (Å²) >= 11 is 0. The minimum absolute atomic E-state index is 0.579. The van der Waals surface area contributed by atoms with E-state index < -0.39 is 0 Å². The van der Waals surface area contributed by atoms with Crippen molar-refractivity contribution in [3.05, 3.63) is 48.2 Å². The Morgan fingerprint density at radius 2 is 1.48 bits per heavy atom. The summed E-state index contributed by atoms with van der Waals surface area (Å²) in [4.78, 5) is 4.56. The van der Waals surface area contributed by atoms with Crippen molar-refractivity contribution in [2.24, 2.45) is 0 Å². The molecule has 0 saturated carbocycles. The summed E-state index contributed by atoms with van der Waals surface area (Å²) in [5.41, 5.74) is 3.00. The summed E-state index contributed by atoms with van der Waals surface area (Å²) in [6.45, 7) is 2.08. The van der Waals surface area contributed by atoms with Crippen molar-refractivity contribution in [1.29, 1.82) is 0 Å². The molecule has 4 nitrogen and oxygen atoms in total. The van der Waals surface area contributed by atoms with Gasteiger partial charge < -0.3 is 14.2 Å². The molecule has 4 heteroatoms. The fraction of sp³-hybridized carbons (Fsp3) is 0.211. The van der Waals surface area contributed by atoms with Gasteiger partial charge in [0.1, 0.15) is 0 Å². The third kappa shape index (κ3) is 2.80. The third-order valence-corrected chi connectivity index (χ3v) is 3.84. The summed E-state index contributed by atoms with van der Waals surface area (Å²) in [6, 6.07) is 12.2. The SMILES string of the molecule is COc1cc(-c2cc3cc(C)ccc3cn2)cc(OC)c1OC. The second-order valence-electron chi connectivity index (χ2n) is 5.33. The second-order valence-corrected chi connectivity index (χ2v) is 5.33. The van der Waals surface area contributed by atoms with E-state index in [0.717, 1.165) is 22.0 Å². The molecule has 0 amide bonds. The molecule has 2 aromatic carbocycles. The van der Waals surface area contributed by atoms with Crippen molar-refractivity contribution >= 4 is 10.8 Å². The summed E-state index contributed by atoms with van der Waals surface area (Å²) in [6.07, 6.45) is 1.88. The van der Waals surface area contributed by atoms with Crippen LogP contribution in [-0.2, 0) is 0 Å². The molecule has 0 aliphatic carbocycles. The van der Waals surface area contributed by atoms with Gasteiger partial charge in [0.2, 0.25) is 5.75 Å². The quantitative estimate of drug-likeness (QED) is 0.723. The van der Waals surface area contributed by atoms with Crippen LogP contribution in [0.2, 0.25) is 0 Å². The van der Waals surface area contributed by atoms with E-state index in [1.807, 2.05) is 18.3 Å². The van der Waals surface area contributed by atoms with Crippen molar-refractivity contribution in [1.82, 2.24) is 4.98 Å². The van der Waals surface area contributed by atoms with Gasteiger partial charge in [-0.25, -0.2) is 0 Å². The van der Waals surface area contributed by atoms with Crippen molar-refractivity contribution in [2.45, 2.75) is 6.92 Å². The fourth-order valence-electron chi connectivity index (χ4n) is 2.65. The summed E-state index contributed by atoms with van der Waals surface area (Å²) in [5.74, 6) is 1.82. The van der Waals surface area contributed by atoms with Crippen molar-refractivity contribution < 1.29 is 14.2 Å². The smallest absolute Gasteiger partial charge is 0.203 e. The van der Waals surface area contributed by atoms with E-state index >= 15 is 0 Å². The maximum atomic E-state index is 5.41. The molecule has 0 aliphatic heterocycles. The number of nitrogens with zero attached hydrogens (tertiary/aromatic N) is 1. The standard InChI is InChI=1S/C19H19NO3/c1-12-5-6-13-11-20-16(8-14(13)7-12)15-9-17(21-2)19(23-4)18(10-15)22-3/h5-11H,1-4H3. The van der Waals surface area contributed by atoms with Crippen LogP contribution in [0.15, 0.2) is 42.6 Å². The molecule has 0 bridgehead atoms. The lowest BCUT2D eigenvalue weighted by atomic mass is 10.0. The number of rotatable bonds is 4. The average molecular weight is 309 g/mol. The van der Waals surface area contributed by atoms with E-state index in [4.69, 9.17) is 14.2 Å². The van der Waals surface area contributed by atoms with Crippen LogP contribution in [0.3, 0.4) is 0 Å². The number of benzene rings is 2. The molecule has 118 valence electrons. The molecule has 0 radical (unpaired) electrons. The van der Waals surface area contributed by atoms with Crippen LogP contribution in [-0.4, -0.2) is 26.3 Å². The first-order chi connectivity index (χ1) is 11.2. The number of ether oxygens (including phenoxy) is 3. The molecule has 3 aromatic rings. The van der Waals surface area contributed by atoms with Crippen LogP contribution in [0.25, 0.3) is 22.0 Å². The number of hydrogen-bond donors (Lipinski definition) is 0. The van der Waals surface area contributed by atoms with Gasteiger partial charge in [0.25, 0.3) is 0 Å². The minimum atomic E-state index is 0.579. The summed E-state index contributed by atoms with van der Waals surface area (Å²) in [7, 11) is 4.81. The van der Waals surface area contributed by atoms with Gasteiger partial charge in [0.15, 0.2) is 11.5 Å². The number of aromatic nitrogens is 1. The van der Waals surface area contributed by atoms with Crippen LogP contribution >= 0.6 is 0 Å². The Morgan fingerprint density at radius 1 is 0.783 bits per heavy atom. The first-order valence-corrected chi connectivity index (χ1v) is 7.33. The van der Waals surface area contributed by atoms with Crippen LogP contribution in [0.5, 0.6) is 17.2 Å². The number of methoxy groups -OCH3 is 3. The average Bonchev–Trinajstić information content (AvgIpc) is 2.59. The summed E-state index contributed by atoms with van der Waals surface area (Å²) < 4.78 is 16.2. The van der Waals surface area contributed by atoms with E-state index in [-0.39, 0.29) is 0 Å². The molecule has 0 unspecified atom stereocenters. The lowest BCUT2D eigenvalue weighted by Crippen LogP contribution is -1.96. The van der Waals surface area contributed by atoms with Crippen LogP contribution in [0.4, 0.5) is 0 Å². The van der Waals surface area contributed by atoms with Gasteiger partial charge >= 0.3 is 0 Å². The number of pyridine rings is 1. The summed E-state index contributed by atoms with van der Waals surface area (Å²) in [5, 5.41) is 2.27. The van der Waals surface area contributed by atoms with Crippen LogP contribution < -0.4 is 14.2 Å². The topological polar surface area (TPSA) is 40.6 Å². The molecule has 0 N–H and O–H groups in total. The molecule has 0 spiro atoms. The molecule has 0 atom stereocenters. The van der Waals surface area contributed by atoms with E-state index in [9.17, 15) is 0 Å². The normalized spacial score (nSPS) is 10.6. The Labute approximate surface area is 135 Å². The number of fused-ring (bicyclic) bond motifs is 1. The molecule has 0 saturated heterocycles. The Hall–Kier alpha value is -2.75. The predicted molar refractivity (Wildman–Crippen MR) is 91.6 cm³/mol. The van der Waals surface area contributed by atoms with E-state index in [1.54, 1.807) is 21.3 Å². The molecule has 1 aromatic heterocycles. The number of hydrogen-bond acceptors (Lipinski definition) is 4. The Kier molecular flexibility index (Phi) is 4.06. The van der Waals surface area contributed by atoms with Crippen molar-refractivity contribution in [3.8, 4) is 28.5 Å². The highest BCUT2D eigenvalue weighted by Gasteiger charge is 2.14. The third-order valence-electron chi connectivity index (χ3n) is 3.84. The predicted octanol–water partition coefficient (Wildman–Crippen LogP) is 4.24. The lowest BCUT2D eigenvalue weighted by molar-refractivity contribution is 0.324. The van der Waals surface area contributed by atoms with Crippen LogP contribution in [0.1, 0.15) is 5.56 Å². The first kappa shape index (κ1) is 15.2. The zero-order valence-electron chi connectivity index (χ0n) is 13.7. The van der Waals surface area contributed by atoms with Gasteiger partial charge in [-0.1, -0.05) is 23.8 Å². The van der Waals surface area contributed by atoms with Crippen LogP contribution in [0, 0.1) is 6.92 Å². The lowest BCUT2D eigenvalue weighted by Gasteiger charge is -2.14. The maximum absolute atomic E-state index is 5.41. The van der Waals surface area contributed by atoms with Gasteiger partial charge in [0.05, 0.1) is 27.0 Å². The highest BCUT2D eigenvalue weighted by Crippen LogP contribution is 2.41. The number of aryl methyl sites for hydroxylation is 1. The zero-order valence-corrected chi connectivity index (χ0v) is 13.7. The fourth-order valence-corrected chi connectivity index (χ4v) is 2.65. The molecule has 0 aliphatic rings. The first-order valence-electron chi connectivity index (χ1n) is 7.33. The molecular formula is C19H19NO3. The van der Waals surface area contributed by atoms with Gasteiger partial charge in [-0.15, -0.1) is 0 Å². The van der Waals surface area contributed by atoms with Gasteiger partial charge in [-0.3, -0.25) is 4.98 Å². The minimum Gasteiger partial charge on any atom is -0.493 e. The molecular weight excluding hydrogens is 290 g/mol. The van der Waals surface area contributed by atoms with Crippen molar-refractivity contribution in [2.75, 3.05) is 21.3 Å². The second kappa shape index (κ2) is 6.16. The maximum Gasteiger partial charge on any atom is 0.203 e. The monoisotopic (exact) mass is 309 g/mol. The molecule has 1 heterocycles. The van der Waals surface area contributed by atoms with E-state index in [1.165, 1.54) is 5.56 Å². The van der Waals surface area contributed by atoms with Gasteiger partial charge in [-0.05, 0) is 30.5 Å². The van der Waals surface area contributed by atoms with E-state index in [0.29, 0.717) is 17.2 Å². The van der Waals surface area contributed by atoms with Crippen molar-refractivity contribution in [3.63, 3.8) is 0 Å². The Morgan fingerprint density at radius 3 is 2.09 bits per heavy atom. The van der Waals surface area contributed by atoms with Gasteiger partial charge in [0, 0.05) is 17.1 Å². The highest BCUT2D eigenvalue weighted by molar-refractivity contribution is 5.86. The largest absolute Gasteiger partial charge is 0.493 e.